The first-order chi connectivity index (χ1) is 13.0. The number of rotatable bonds is 4. The lowest BCUT2D eigenvalue weighted by Crippen LogP contribution is -2.41. The second-order valence-electron chi connectivity index (χ2n) is 6.90. The lowest BCUT2D eigenvalue weighted by atomic mass is 9.81. The zero-order valence-electron chi connectivity index (χ0n) is 15.6. The summed E-state index contributed by atoms with van der Waals surface area (Å²) in [6.45, 7) is 0. The predicted octanol–water partition coefficient (Wildman–Crippen LogP) is 3.77. The fourth-order valence-electron chi connectivity index (χ4n) is 3.79. The summed E-state index contributed by atoms with van der Waals surface area (Å²) in [5.74, 6) is 0.212. The zero-order valence-corrected chi connectivity index (χ0v) is 16.4. The largest absolute Gasteiger partial charge is 0.339 e. The monoisotopic (exact) mass is 381 g/mol. The molecule has 0 unspecified atom stereocenters. The van der Waals surface area contributed by atoms with Crippen molar-refractivity contribution in [3.05, 3.63) is 63.4 Å². The minimum absolute atomic E-state index is 0.0389. The third-order valence-electron chi connectivity index (χ3n) is 5.40. The van der Waals surface area contributed by atoms with E-state index < -0.39 is 5.56 Å². The lowest BCUT2D eigenvalue weighted by Gasteiger charge is -2.34. The van der Waals surface area contributed by atoms with Gasteiger partial charge in [-0.25, -0.2) is 0 Å². The van der Waals surface area contributed by atoms with Crippen molar-refractivity contribution in [3.63, 3.8) is 0 Å². The number of aromatic amines is 1. The highest BCUT2D eigenvalue weighted by atomic mass is 32.2. The predicted molar refractivity (Wildman–Crippen MR) is 107 cm³/mol. The number of nitriles is 1. The Morgan fingerprint density at radius 3 is 2.48 bits per heavy atom. The van der Waals surface area contributed by atoms with Gasteiger partial charge in [-0.15, -0.1) is 11.8 Å². The molecule has 1 fully saturated rings. The third-order valence-corrected chi connectivity index (χ3v) is 6.13. The molecule has 6 heteroatoms. The van der Waals surface area contributed by atoms with E-state index in [1.165, 1.54) is 23.4 Å². The van der Waals surface area contributed by atoms with Crippen LogP contribution in [0.25, 0.3) is 0 Å². The topological polar surface area (TPSA) is 77.0 Å². The van der Waals surface area contributed by atoms with Crippen molar-refractivity contribution >= 4 is 17.7 Å². The normalized spacial score (nSPS) is 19.3. The summed E-state index contributed by atoms with van der Waals surface area (Å²) in [6.07, 6.45) is 5.65. The SMILES string of the molecule is CSc1[nH]c(=O)c(C(=O)N(C)C2CCC(c3ccccc3)CC2)cc1C#N. The molecule has 0 spiro atoms. The van der Waals surface area contributed by atoms with Crippen molar-refractivity contribution in [2.24, 2.45) is 0 Å². The van der Waals surface area contributed by atoms with Gasteiger partial charge in [0.15, 0.2) is 0 Å². The van der Waals surface area contributed by atoms with Crippen LogP contribution in [-0.4, -0.2) is 35.1 Å². The number of H-pyrrole nitrogens is 1. The lowest BCUT2D eigenvalue weighted by molar-refractivity contribution is 0.0687. The molecule has 0 aliphatic heterocycles. The van der Waals surface area contributed by atoms with E-state index >= 15 is 0 Å². The molecule has 1 N–H and O–H groups in total. The molecule has 1 saturated carbocycles. The maximum Gasteiger partial charge on any atom is 0.261 e. The number of amides is 1. The molecule has 2 aromatic rings. The van der Waals surface area contributed by atoms with Crippen LogP contribution in [0.2, 0.25) is 0 Å². The Balaban J connectivity index is 1.72. The molecule has 0 atom stereocenters. The van der Waals surface area contributed by atoms with Crippen LogP contribution in [0.5, 0.6) is 0 Å². The Kier molecular flexibility index (Phi) is 6.02. The molecule has 0 bridgehead atoms. The number of carbonyl (C=O) groups is 1. The first-order valence-corrected chi connectivity index (χ1v) is 10.3. The van der Waals surface area contributed by atoms with Crippen LogP contribution < -0.4 is 5.56 Å². The van der Waals surface area contributed by atoms with Crippen LogP contribution in [0.15, 0.2) is 46.2 Å². The molecule has 1 heterocycles. The van der Waals surface area contributed by atoms with E-state index in [2.05, 4.69) is 29.2 Å². The highest BCUT2D eigenvalue weighted by Gasteiger charge is 2.29. The fraction of sp³-hybridized carbons (Fsp3) is 0.381. The van der Waals surface area contributed by atoms with E-state index in [1.54, 1.807) is 18.2 Å². The number of pyridine rings is 1. The Hall–Kier alpha value is -2.52. The van der Waals surface area contributed by atoms with Crippen molar-refractivity contribution in [3.8, 4) is 6.07 Å². The number of hydrogen-bond acceptors (Lipinski definition) is 4. The molecule has 1 aliphatic carbocycles. The zero-order chi connectivity index (χ0) is 19.4. The molecule has 27 heavy (non-hydrogen) atoms. The number of nitrogens with one attached hydrogen (secondary N) is 1. The molecule has 3 rings (SSSR count). The number of nitrogens with zero attached hydrogens (tertiary/aromatic N) is 2. The standard InChI is InChI=1S/C21H23N3O2S/c1-24(17-10-8-15(9-11-17)14-6-4-3-5-7-14)21(26)18-12-16(13-22)20(27-2)23-19(18)25/h3-7,12,15,17H,8-11H2,1-2H3,(H,23,25). The molecule has 140 valence electrons. The van der Waals surface area contributed by atoms with Crippen LogP contribution in [-0.2, 0) is 0 Å². The van der Waals surface area contributed by atoms with Gasteiger partial charge in [-0.05, 0) is 49.5 Å². The maximum atomic E-state index is 12.9. The van der Waals surface area contributed by atoms with E-state index in [-0.39, 0.29) is 17.5 Å². The average Bonchev–Trinajstić information content (AvgIpc) is 2.73. The van der Waals surface area contributed by atoms with Gasteiger partial charge in [0.1, 0.15) is 11.6 Å². The summed E-state index contributed by atoms with van der Waals surface area (Å²) in [6, 6.07) is 14.1. The summed E-state index contributed by atoms with van der Waals surface area (Å²) in [5, 5.41) is 9.75. The average molecular weight is 382 g/mol. The van der Waals surface area contributed by atoms with Gasteiger partial charge in [-0.2, -0.15) is 5.26 Å². The number of hydrogen-bond donors (Lipinski definition) is 1. The van der Waals surface area contributed by atoms with Gasteiger partial charge in [0.25, 0.3) is 11.5 Å². The smallest absolute Gasteiger partial charge is 0.261 e. The van der Waals surface area contributed by atoms with Crippen molar-refractivity contribution in [2.75, 3.05) is 13.3 Å². The summed E-state index contributed by atoms with van der Waals surface area (Å²) in [4.78, 5) is 29.5. The second-order valence-corrected chi connectivity index (χ2v) is 7.72. The van der Waals surface area contributed by atoms with E-state index in [4.69, 9.17) is 0 Å². The molecule has 1 aliphatic rings. The van der Waals surface area contributed by atoms with Crippen molar-refractivity contribution in [1.82, 2.24) is 9.88 Å². The summed E-state index contributed by atoms with van der Waals surface area (Å²) < 4.78 is 0. The van der Waals surface area contributed by atoms with Gasteiger partial charge in [0.05, 0.1) is 10.6 Å². The molecule has 1 aromatic carbocycles. The van der Waals surface area contributed by atoms with Crippen LogP contribution in [0, 0.1) is 11.3 Å². The third kappa shape index (κ3) is 4.09. The van der Waals surface area contributed by atoms with E-state index in [9.17, 15) is 14.9 Å². The Bertz CT molecular complexity index is 909. The molecule has 1 amide bonds. The molecular formula is C21H23N3O2S. The van der Waals surface area contributed by atoms with Gasteiger partial charge in [-0.1, -0.05) is 30.3 Å². The first-order valence-electron chi connectivity index (χ1n) is 9.08. The number of aromatic nitrogens is 1. The Morgan fingerprint density at radius 1 is 1.22 bits per heavy atom. The Morgan fingerprint density at radius 2 is 1.89 bits per heavy atom. The summed E-state index contributed by atoms with van der Waals surface area (Å²) >= 11 is 1.29. The van der Waals surface area contributed by atoms with E-state index in [1.807, 2.05) is 12.1 Å². The van der Waals surface area contributed by atoms with Crippen molar-refractivity contribution in [1.29, 1.82) is 5.26 Å². The Labute approximate surface area is 163 Å². The van der Waals surface area contributed by atoms with Gasteiger partial charge < -0.3 is 9.88 Å². The highest BCUT2D eigenvalue weighted by molar-refractivity contribution is 7.98. The van der Waals surface area contributed by atoms with E-state index in [0.29, 0.717) is 16.5 Å². The number of thioether (sulfide) groups is 1. The highest BCUT2D eigenvalue weighted by Crippen LogP contribution is 2.34. The molecule has 0 saturated heterocycles. The molecule has 1 aromatic heterocycles. The van der Waals surface area contributed by atoms with Crippen LogP contribution in [0.3, 0.4) is 0 Å². The quantitative estimate of drug-likeness (QED) is 0.818. The number of benzene rings is 1. The maximum absolute atomic E-state index is 12.9. The summed E-state index contributed by atoms with van der Waals surface area (Å²) in [7, 11) is 1.75. The van der Waals surface area contributed by atoms with Gasteiger partial charge in [-0.3, -0.25) is 9.59 Å². The minimum Gasteiger partial charge on any atom is -0.339 e. The van der Waals surface area contributed by atoms with Gasteiger partial charge in [0.2, 0.25) is 0 Å². The van der Waals surface area contributed by atoms with Crippen molar-refractivity contribution in [2.45, 2.75) is 42.7 Å². The fourth-order valence-corrected chi connectivity index (χ4v) is 4.31. The van der Waals surface area contributed by atoms with Crippen molar-refractivity contribution < 1.29 is 4.79 Å². The molecule has 5 nitrogen and oxygen atoms in total. The molecular weight excluding hydrogens is 358 g/mol. The van der Waals surface area contributed by atoms with E-state index in [0.717, 1.165) is 25.7 Å². The van der Waals surface area contributed by atoms with Gasteiger partial charge in [0, 0.05) is 13.1 Å². The first kappa shape index (κ1) is 19.2. The van der Waals surface area contributed by atoms with Crippen LogP contribution in [0.4, 0.5) is 0 Å². The number of carbonyl (C=O) groups excluding carboxylic acids is 1. The minimum atomic E-state index is -0.437. The summed E-state index contributed by atoms with van der Waals surface area (Å²) in [5.41, 5.74) is 1.28. The molecule has 0 radical (unpaired) electrons. The van der Waals surface area contributed by atoms with Crippen LogP contribution in [0.1, 0.15) is 53.1 Å². The van der Waals surface area contributed by atoms with Gasteiger partial charge >= 0.3 is 0 Å². The van der Waals surface area contributed by atoms with Crippen LogP contribution >= 0.6 is 11.8 Å². The second kappa shape index (κ2) is 8.45.